The summed E-state index contributed by atoms with van der Waals surface area (Å²) in [5, 5.41) is 3.13. The van der Waals surface area contributed by atoms with Crippen molar-refractivity contribution < 1.29 is 14.3 Å². The van der Waals surface area contributed by atoms with E-state index in [1.54, 1.807) is 7.11 Å². The molecule has 1 fully saturated rings. The van der Waals surface area contributed by atoms with Crippen molar-refractivity contribution in [1.82, 2.24) is 4.98 Å². The minimum atomic E-state index is 0.244. The Morgan fingerprint density at radius 1 is 1.14 bits per heavy atom. The van der Waals surface area contributed by atoms with Crippen molar-refractivity contribution in [1.29, 1.82) is 0 Å². The normalized spacial score (nSPS) is 14.6. The Morgan fingerprint density at radius 2 is 1.86 bits per heavy atom. The van der Waals surface area contributed by atoms with Gasteiger partial charge < -0.3 is 19.6 Å². The molecular formula is C24H32N2O3. The summed E-state index contributed by atoms with van der Waals surface area (Å²) in [6.07, 6.45) is 7.84. The summed E-state index contributed by atoms with van der Waals surface area (Å²) < 4.78 is 10.9. The highest BCUT2D eigenvalue weighted by Crippen LogP contribution is 2.37. The van der Waals surface area contributed by atoms with E-state index in [4.69, 9.17) is 14.5 Å². The first-order valence-electron chi connectivity index (χ1n) is 10.5. The molecule has 1 aliphatic carbocycles. The third-order valence-corrected chi connectivity index (χ3v) is 5.71. The third-order valence-electron chi connectivity index (χ3n) is 5.71. The van der Waals surface area contributed by atoms with Gasteiger partial charge in [-0.2, -0.15) is 0 Å². The van der Waals surface area contributed by atoms with E-state index in [-0.39, 0.29) is 6.79 Å². The average molecular weight is 397 g/mol. The predicted molar refractivity (Wildman–Crippen MR) is 116 cm³/mol. The van der Waals surface area contributed by atoms with Crippen molar-refractivity contribution >= 4 is 12.0 Å². The van der Waals surface area contributed by atoms with Crippen LogP contribution in [0, 0.1) is 13.8 Å². The van der Waals surface area contributed by atoms with Gasteiger partial charge in [0.25, 0.3) is 0 Å². The molecule has 0 amide bonds. The highest BCUT2D eigenvalue weighted by molar-refractivity contribution is 5.61. The summed E-state index contributed by atoms with van der Waals surface area (Å²) in [5.74, 6) is 1.32. The van der Waals surface area contributed by atoms with Crippen molar-refractivity contribution in [3.63, 3.8) is 0 Å². The lowest BCUT2D eigenvalue weighted by Crippen LogP contribution is -2.12. The summed E-state index contributed by atoms with van der Waals surface area (Å²) in [5.41, 5.74) is 6.83. The molecule has 1 aliphatic rings. The lowest BCUT2D eigenvalue weighted by atomic mass is 9.86. The summed E-state index contributed by atoms with van der Waals surface area (Å²) in [6, 6.07) is 8.32. The predicted octanol–water partition coefficient (Wildman–Crippen LogP) is 4.93. The van der Waals surface area contributed by atoms with Crippen molar-refractivity contribution in [3.8, 4) is 5.75 Å². The highest BCUT2D eigenvalue weighted by atomic mass is 16.7. The molecule has 0 spiro atoms. The summed E-state index contributed by atoms with van der Waals surface area (Å²) >= 11 is 0. The van der Waals surface area contributed by atoms with Crippen LogP contribution in [-0.2, 0) is 16.0 Å². The molecule has 0 radical (unpaired) electrons. The number of nitrogens with zero attached hydrogens (tertiary/aromatic N) is 1. The number of pyridine rings is 1. The van der Waals surface area contributed by atoms with Crippen molar-refractivity contribution in [2.45, 2.75) is 58.3 Å². The maximum Gasteiger partial charge on any atom is 0.188 e. The second kappa shape index (κ2) is 10.4. The largest absolute Gasteiger partial charge is 0.466 e. The molecule has 0 saturated heterocycles. The van der Waals surface area contributed by atoms with Gasteiger partial charge >= 0.3 is 0 Å². The van der Waals surface area contributed by atoms with Crippen molar-refractivity contribution in [3.05, 3.63) is 52.3 Å². The Hall–Kier alpha value is -2.40. The first-order valence-corrected chi connectivity index (χ1v) is 10.5. The number of benzene rings is 1. The Bertz CT molecular complexity index is 806. The molecule has 1 saturated carbocycles. The lowest BCUT2D eigenvalue weighted by Gasteiger charge is -2.24. The van der Waals surface area contributed by atoms with E-state index in [1.807, 2.05) is 0 Å². The molecule has 29 heavy (non-hydrogen) atoms. The molecule has 0 bridgehead atoms. The van der Waals surface area contributed by atoms with E-state index in [0.717, 1.165) is 35.5 Å². The molecule has 1 aromatic carbocycles. The van der Waals surface area contributed by atoms with E-state index >= 15 is 0 Å². The first kappa shape index (κ1) is 21.3. The van der Waals surface area contributed by atoms with Crippen molar-refractivity contribution in [2.75, 3.05) is 25.8 Å². The molecule has 5 nitrogen and oxygen atoms in total. The van der Waals surface area contributed by atoms with Gasteiger partial charge in [-0.15, -0.1) is 0 Å². The van der Waals surface area contributed by atoms with Crippen LogP contribution in [0.3, 0.4) is 0 Å². The number of aryl methyl sites for hydroxylation is 2. The standard InChI is InChI=1S/C24H32N2O3/c1-17-13-21(25-11-12-27)14-18(2)22(17)15-20-9-10-23(29-16-28-3)24(26-20)19-7-5-4-6-8-19/h9-10,12-14,19,25H,4-8,11,15-16H2,1-3H3. The van der Waals surface area contributed by atoms with Crippen LogP contribution in [0.25, 0.3) is 0 Å². The fraction of sp³-hybridized carbons (Fsp3) is 0.500. The molecular weight excluding hydrogens is 364 g/mol. The van der Waals surface area contributed by atoms with Gasteiger partial charge in [-0.1, -0.05) is 19.3 Å². The van der Waals surface area contributed by atoms with Gasteiger partial charge in [0.05, 0.1) is 12.2 Å². The SMILES string of the molecule is COCOc1ccc(Cc2c(C)cc(NCC=O)cc2C)nc1C1CCCCC1. The van der Waals surface area contributed by atoms with E-state index in [0.29, 0.717) is 12.5 Å². The third kappa shape index (κ3) is 5.57. The second-order valence-corrected chi connectivity index (χ2v) is 7.88. The Labute approximate surface area is 173 Å². The minimum absolute atomic E-state index is 0.244. The molecule has 5 heteroatoms. The van der Waals surface area contributed by atoms with Crippen LogP contribution in [0.1, 0.15) is 66.1 Å². The van der Waals surface area contributed by atoms with Crippen LogP contribution in [0.5, 0.6) is 5.75 Å². The first-order chi connectivity index (χ1) is 14.1. The van der Waals surface area contributed by atoms with Gasteiger partial charge in [-0.05, 0) is 67.6 Å². The zero-order chi connectivity index (χ0) is 20.6. The highest BCUT2D eigenvalue weighted by Gasteiger charge is 2.22. The van der Waals surface area contributed by atoms with Gasteiger partial charge in [0.1, 0.15) is 12.0 Å². The number of ether oxygens (including phenoxy) is 2. The molecule has 1 N–H and O–H groups in total. The van der Waals surface area contributed by atoms with E-state index in [9.17, 15) is 4.79 Å². The number of carbonyl (C=O) groups excluding carboxylic acids is 1. The average Bonchev–Trinajstić information content (AvgIpc) is 2.74. The fourth-order valence-electron chi connectivity index (χ4n) is 4.23. The second-order valence-electron chi connectivity index (χ2n) is 7.88. The van der Waals surface area contributed by atoms with E-state index < -0.39 is 0 Å². The van der Waals surface area contributed by atoms with Gasteiger partial charge in [0.2, 0.25) is 0 Å². The molecule has 3 rings (SSSR count). The maximum atomic E-state index is 10.6. The molecule has 0 atom stereocenters. The number of aldehydes is 1. The van der Waals surface area contributed by atoms with Crippen LogP contribution >= 0.6 is 0 Å². The number of aromatic nitrogens is 1. The molecule has 1 aromatic heterocycles. The quantitative estimate of drug-likeness (QED) is 0.481. The fourth-order valence-corrected chi connectivity index (χ4v) is 4.23. The molecule has 1 heterocycles. The smallest absolute Gasteiger partial charge is 0.188 e. The Kier molecular flexibility index (Phi) is 7.64. The number of methoxy groups -OCH3 is 1. The van der Waals surface area contributed by atoms with Gasteiger partial charge in [0.15, 0.2) is 6.79 Å². The van der Waals surface area contributed by atoms with Crippen LogP contribution in [0.2, 0.25) is 0 Å². The monoisotopic (exact) mass is 396 g/mol. The van der Waals surface area contributed by atoms with Crippen molar-refractivity contribution in [2.24, 2.45) is 0 Å². The molecule has 156 valence electrons. The van der Waals surface area contributed by atoms with Crippen LogP contribution in [0.15, 0.2) is 24.3 Å². The van der Waals surface area contributed by atoms with Crippen LogP contribution in [-0.4, -0.2) is 31.7 Å². The molecule has 2 aromatic rings. The number of hydrogen-bond acceptors (Lipinski definition) is 5. The maximum absolute atomic E-state index is 10.6. The van der Waals surface area contributed by atoms with Gasteiger partial charge in [0, 0.05) is 30.8 Å². The number of nitrogens with one attached hydrogen (secondary N) is 1. The summed E-state index contributed by atoms with van der Waals surface area (Å²) in [6.45, 7) is 4.81. The number of carbonyl (C=O) groups is 1. The summed E-state index contributed by atoms with van der Waals surface area (Å²) in [7, 11) is 1.64. The Morgan fingerprint density at radius 3 is 2.52 bits per heavy atom. The zero-order valence-corrected chi connectivity index (χ0v) is 17.8. The van der Waals surface area contributed by atoms with Crippen LogP contribution in [0.4, 0.5) is 5.69 Å². The van der Waals surface area contributed by atoms with Crippen LogP contribution < -0.4 is 10.1 Å². The van der Waals surface area contributed by atoms with E-state index in [2.05, 4.69) is 43.4 Å². The molecule has 0 unspecified atom stereocenters. The van der Waals surface area contributed by atoms with Gasteiger partial charge in [-0.3, -0.25) is 4.98 Å². The summed E-state index contributed by atoms with van der Waals surface area (Å²) in [4.78, 5) is 15.7. The Balaban J connectivity index is 1.86. The number of rotatable bonds is 9. The zero-order valence-electron chi connectivity index (χ0n) is 17.8. The number of hydrogen-bond donors (Lipinski definition) is 1. The number of anilines is 1. The topological polar surface area (TPSA) is 60.5 Å². The minimum Gasteiger partial charge on any atom is -0.466 e. The molecule has 0 aliphatic heterocycles. The van der Waals surface area contributed by atoms with E-state index in [1.165, 1.54) is 48.8 Å². The van der Waals surface area contributed by atoms with Gasteiger partial charge in [-0.25, -0.2) is 0 Å². The lowest BCUT2D eigenvalue weighted by molar-refractivity contribution is -0.106.